The summed E-state index contributed by atoms with van der Waals surface area (Å²) in [4.78, 5) is 3.61. The van der Waals surface area contributed by atoms with Gasteiger partial charge in [0.1, 0.15) is 0 Å². The van der Waals surface area contributed by atoms with Gasteiger partial charge in [-0.2, -0.15) is 0 Å². The fraction of sp³-hybridized carbons (Fsp3) is 0.444. The third kappa shape index (κ3) is 2.41. The molecule has 1 fully saturated rings. The maximum atomic E-state index is 3.76. The highest BCUT2D eigenvalue weighted by molar-refractivity contribution is 5.94. The topological polar surface area (TPSA) is 39.9 Å². The summed E-state index contributed by atoms with van der Waals surface area (Å²) in [5, 5.41) is 8.51. The van der Waals surface area contributed by atoms with E-state index >= 15 is 0 Å². The smallest absolute Gasteiger partial charge is 0.0695 e. The molecule has 1 saturated carbocycles. The third-order valence-electron chi connectivity index (χ3n) is 4.69. The van der Waals surface area contributed by atoms with Crippen LogP contribution in [0.25, 0.3) is 16.6 Å². The minimum absolute atomic E-state index is 0.644. The highest BCUT2D eigenvalue weighted by Crippen LogP contribution is 2.31. The summed E-state index contributed by atoms with van der Waals surface area (Å²) < 4.78 is 0. The maximum Gasteiger partial charge on any atom is 0.0695 e. The Hall–Kier alpha value is -1.90. The Balaban J connectivity index is 1.74. The molecule has 0 spiro atoms. The Morgan fingerprint density at radius 1 is 1.14 bits per heavy atom. The van der Waals surface area contributed by atoms with Crippen molar-refractivity contribution < 1.29 is 0 Å². The molecule has 0 unspecified atom stereocenters. The lowest BCUT2D eigenvalue weighted by atomic mass is 10.1. The summed E-state index contributed by atoms with van der Waals surface area (Å²) in [7, 11) is 0. The summed E-state index contributed by atoms with van der Waals surface area (Å²) >= 11 is 0. The molecule has 4 rings (SSSR count). The number of anilines is 1. The largest absolute Gasteiger partial charge is 0.383 e. The number of rotatable bonds is 3. The second kappa shape index (κ2) is 5.14. The van der Waals surface area contributed by atoms with Gasteiger partial charge in [0, 0.05) is 18.0 Å². The Labute approximate surface area is 125 Å². The molecule has 3 nitrogen and oxygen atoms in total. The van der Waals surface area contributed by atoms with E-state index in [2.05, 4.69) is 46.8 Å². The molecule has 0 saturated heterocycles. The number of hydrogen-bond acceptors (Lipinski definition) is 2. The van der Waals surface area contributed by atoms with E-state index in [1.54, 1.807) is 0 Å². The van der Waals surface area contributed by atoms with E-state index in [1.807, 2.05) is 0 Å². The molecule has 110 valence electrons. The number of aromatic amines is 1. The summed E-state index contributed by atoms with van der Waals surface area (Å²) in [6, 6.07) is 7.46. The molecule has 0 radical (unpaired) electrons. The van der Waals surface area contributed by atoms with Crippen LogP contribution in [0, 0.1) is 6.92 Å². The SMILES string of the molecule is Cc1cc(NC2CCCC2)c2[nH]c(C3=CCCN3)cc2c1. The molecule has 0 atom stereocenters. The van der Waals surface area contributed by atoms with E-state index in [1.165, 1.54) is 59.2 Å². The van der Waals surface area contributed by atoms with Gasteiger partial charge in [-0.3, -0.25) is 0 Å². The zero-order valence-corrected chi connectivity index (χ0v) is 12.6. The van der Waals surface area contributed by atoms with Gasteiger partial charge in [-0.25, -0.2) is 0 Å². The average Bonchev–Trinajstić information content (AvgIpc) is 3.19. The highest BCUT2D eigenvalue weighted by atomic mass is 15.0. The molecule has 2 aliphatic rings. The Morgan fingerprint density at radius 2 is 2.00 bits per heavy atom. The van der Waals surface area contributed by atoms with Crippen molar-refractivity contribution in [3.05, 3.63) is 35.5 Å². The van der Waals surface area contributed by atoms with Crippen LogP contribution in [0.4, 0.5) is 5.69 Å². The molecule has 2 aromatic rings. The molecule has 1 aromatic heterocycles. The molecule has 0 amide bonds. The molecular formula is C18H23N3. The van der Waals surface area contributed by atoms with E-state index in [-0.39, 0.29) is 0 Å². The van der Waals surface area contributed by atoms with Crippen LogP contribution in [0.15, 0.2) is 24.3 Å². The molecule has 0 bridgehead atoms. The van der Waals surface area contributed by atoms with Crippen molar-refractivity contribution in [2.24, 2.45) is 0 Å². The van der Waals surface area contributed by atoms with Gasteiger partial charge < -0.3 is 15.6 Å². The number of hydrogen-bond donors (Lipinski definition) is 3. The quantitative estimate of drug-likeness (QED) is 0.790. The average molecular weight is 281 g/mol. The molecule has 2 heterocycles. The molecular weight excluding hydrogens is 258 g/mol. The minimum atomic E-state index is 0.644. The van der Waals surface area contributed by atoms with Crippen molar-refractivity contribution in [3.63, 3.8) is 0 Å². The fourth-order valence-electron chi connectivity index (χ4n) is 3.64. The lowest BCUT2D eigenvalue weighted by Crippen LogP contribution is -2.14. The van der Waals surface area contributed by atoms with Crippen LogP contribution in [-0.2, 0) is 0 Å². The van der Waals surface area contributed by atoms with Gasteiger partial charge in [0.25, 0.3) is 0 Å². The van der Waals surface area contributed by atoms with E-state index in [4.69, 9.17) is 0 Å². The minimum Gasteiger partial charge on any atom is -0.383 e. The normalized spacial score (nSPS) is 19.0. The zero-order chi connectivity index (χ0) is 14.2. The summed E-state index contributed by atoms with van der Waals surface area (Å²) in [5.74, 6) is 0. The number of H-pyrrole nitrogens is 1. The lowest BCUT2D eigenvalue weighted by Gasteiger charge is -2.15. The number of fused-ring (bicyclic) bond motifs is 1. The van der Waals surface area contributed by atoms with Crippen molar-refractivity contribution in [1.82, 2.24) is 10.3 Å². The first-order chi connectivity index (χ1) is 10.3. The van der Waals surface area contributed by atoms with Gasteiger partial charge in [0.15, 0.2) is 0 Å². The van der Waals surface area contributed by atoms with Crippen LogP contribution in [0.2, 0.25) is 0 Å². The molecule has 21 heavy (non-hydrogen) atoms. The van der Waals surface area contributed by atoms with Crippen LogP contribution in [0.5, 0.6) is 0 Å². The molecule has 1 aliphatic carbocycles. The molecule has 1 aromatic carbocycles. The summed E-state index contributed by atoms with van der Waals surface area (Å²) in [5.41, 5.74) is 6.29. The van der Waals surface area contributed by atoms with Gasteiger partial charge >= 0.3 is 0 Å². The van der Waals surface area contributed by atoms with E-state index in [0.29, 0.717) is 6.04 Å². The molecule has 3 heteroatoms. The van der Waals surface area contributed by atoms with Crippen LogP contribution in [-0.4, -0.2) is 17.6 Å². The number of aromatic nitrogens is 1. The summed E-state index contributed by atoms with van der Waals surface area (Å²) in [6.45, 7) is 3.23. The second-order valence-corrected chi connectivity index (χ2v) is 6.42. The van der Waals surface area contributed by atoms with Crippen LogP contribution < -0.4 is 10.6 Å². The second-order valence-electron chi connectivity index (χ2n) is 6.42. The number of nitrogens with one attached hydrogen (secondary N) is 3. The van der Waals surface area contributed by atoms with Crippen molar-refractivity contribution in [2.45, 2.75) is 45.1 Å². The maximum absolute atomic E-state index is 3.76. The first-order valence-electron chi connectivity index (χ1n) is 8.14. The van der Waals surface area contributed by atoms with E-state index < -0.39 is 0 Å². The fourth-order valence-corrected chi connectivity index (χ4v) is 3.64. The van der Waals surface area contributed by atoms with Crippen molar-refractivity contribution in [2.75, 3.05) is 11.9 Å². The van der Waals surface area contributed by atoms with E-state index in [0.717, 1.165) is 13.0 Å². The van der Waals surface area contributed by atoms with Crippen LogP contribution in [0.1, 0.15) is 43.4 Å². The van der Waals surface area contributed by atoms with Crippen molar-refractivity contribution in [3.8, 4) is 0 Å². The molecule has 1 aliphatic heterocycles. The Kier molecular flexibility index (Phi) is 3.13. The van der Waals surface area contributed by atoms with Gasteiger partial charge in [-0.05, 0) is 49.9 Å². The lowest BCUT2D eigenvalue weighted by molar-refractivity contribution is 0.756. The predicted octanol–water partition coefficient (Wildman–Crippen LogP) is 4.17. The predicted molar refractivity (Wildman–Crippen MR) is 89.5 cm³/mol. The van der Waals surface area contributed by atoms with Gasteiger partial charge in [-0.1, -0.05) is 18.9 Å². The number of aryl methyl sites for hydroxylation is 1. The Bertz CT molecular complexity index is 690. The Morgan fingerprint density at radius 3 is 2.76 bits per heavy atom. The first-order valence-corrected chi connectivity index (χ1v) is 8.14. The monoisotopic (exact) mass is 281 g/mol. The molecule has 3 N–H and O–H groups in total. The van der Waals surface area contributed by atoms with Gasteiger partial charge in [0.05, 0.1) is 22.6 Å². The third-order valence-corrected chi connectivity index (χ3v) is 4.69. The van der Waals surface area contributed by atoms with Gasteiger partial charge in [0.2, 0.25) is 0 Å². The van der Waals surface area contributed by atoms with Crippen LogP contribution >= 0.6 is 0 Å². The summed E-state index contributed by atoms with van der Waals surface area (Å²) in [6.07, 6.45) is 8.72. The first kappa shape index (κ1) is 12.8. The van der Waals surface area contributed by atoms with Crippen molar-refractivity contribution in [1.29, 1.82) is 0 Å². The van der Waals surface area contributed by atoms with Crippen molar-refractivity contribution >= 4 is 22.3 Å². The van der Waals surface area contributed by atoms with Crippen LogP contribution in [0.3, 0.4) is 0 Å². The zero-order valence-electron chi connectivity index (χ0n) is 12.6. The highest BCUT2D eigenvalue weighted by Gasteiger charge is 2.17. The number of benzene rings is 1. The van der Waals surface area contributed by atoms with Gasteiger partial charge in [-0.15, -0.1) is 0 Å². The standard InChI is InChI=1S/C18H23N3/c1-12-9-13-11-16(15-7-4-8-19-15)21-18(13)17(10-12)20-14-5-2-3-6-14/h7,9-11,14,19-21H,2-6,8H2,1H3. The van der Waals surface area contributed by atoms with E-state index in [9.17, 15) is 0 Å².